The molecule has 0 atom stereocenters. The van der Waals surface area contributed by atoms with E-state index in [1.807, 2.05) is 49.4 Å². The fourth-order valence-corrected chi connectivity index (χ4v) is 2.43. The number of imide groups is 1. The summed E-state index contributed by atoms with van der Waals surface area (Å²) in [5.74, 6) is 0.634. The molecule has 25 heavy (non-hydrogen) atoms. The number of rotatable bonds is 6. The number of para-hydroxylation sites is 1. The van der Waals surface area contributed by atoms with Crippen LogP contribution in [0.1, 0.15) is 18.1 Å². The van der Waals surface area contributed by atoms with Crippen LogP contribution in [0.4, 0.5) is 4.79 Å². The van der Waals surface area contributed by atoms with E-state index in [1.54, 1.807) is 12.1 Å². The average Bonchev–Trinajstić information content (AvgIpc) is 2.93. The lowest BCUT2D eigenvalue weighted by atomic mass is 10.1. The largest absolute Gasteiger partial charge is 0.489 e. The number of urea groups is 1. The summed E-state index contributed by atoms with van der Waals surface area (Å²) in [7, 11) is 0. The molecule has 6 heteroatoms. The van der Waals surface area contributed by atoms with E-state index in [4.69, 9.17) is 9.47 Å². The van der Waals surface area contributed by atoms with Crippen LogP contribution >= 0.6 is 0 Å². The molecule has 1 aliphatic heterocycles. The van der Waals surface area contributed by atoms with E-state index in [1.165, 1.54) is 0 Å². The van der Waals surface area contributed by atoms with Gasteiger partial charge in [-0.05, 0) is 24.6 Å². The minimum absolute atomic E-state index is 0.172. The second-order valence-electron chi connectivity index (χ2n) is 5.35. The third kappa shape index (κ3) is 3.98. The van der Waals surface area contributed by atoms with Gasteiger partial charge in [0.1, 0.15) is 12.3 Å². The van der Waals surface area contributed by atoms with Crippen LogP contribution in [0.5, 0.6) is 11.5 Å². The van der Waals surface area contributed by atoms with Crippen LogP contribution in [-0.2, 0) is 11.4 Å². The first-order valence-electron chi connectivity index (χ1n) is 7.94. The van der Waals surface area contributed by atoms with Crippen LogP contribution in [0.3, 0.4) is 0 Å². The molecular weight excluding hydrogens is 320 g/mol. The van der Waals surface area contributed by atoms with Crippen molar-refractivity contribution in [3.8, 4) is 11.5 Å². The van der Waals surface area contributed by atoms with Crippen LogP contribution in [0.2, 0.25) is 0 Å². The Morgan fingerprint density at radius 3 is 2.44 bits per heavy atom. The highest BCUT2D eigenvalue weighted by atomic mass is 16.5. The number of hydrogen-bond donors (Lipinski definition) is 2. The van der Waals surface area contributed by atoms with E-state index in [2.05, 4.69) is 10.6 Å². The second kappa shape index (κ2) is 7.53. The molecule has 1 fully saturated rings. The highest BCUT2D eigenvalue weighted by molar-refractivity contribution is 6.14. The molecule has 2 aromatic carbocycles. The number of amides is 3. The Morgan fingerprint density at radius 1 is 0.960 bits per heavy atom. The highest BCUT2D eigenvalue weighted by Crippen LogP contribution is 2.33. The van der Waals surface area contributed by atoms with E-state index in [0.717, 1.165) is 5.56 Å². The van der Waals surface area contributed by atoms with Gasteiger partial charge in [-0.15, -0.1) is 0 Å². The van der Waals surface area contributed by atoms with Gasteiger partial charge in [0, 0.05) is 5.56 Å². The lowest BCUT2D eigenvalue weighted by Crippen LogP contribution is -2.22. The van der Waals surface area contributed by atoms with Gasteiger partial charge in [0.05, 0.1) is 6.61 Å². The molecule has 0 aliphatic carbocycles. The minimum atomic E-state index is -0.536. The van der Waals surface area contributed by atoms with E-state index in [-0.39, 0.29) is 5.70 Å². The van der Waals surface area contributed by atoms with Gasteiger partial charge in [0.15, 0.2) is 11.5 Å². The van der Waals surface area contributed by atoms with Crippen molar-refractivity contribution in [2.45, 2.75) is 13.5 Å². The van der Waals surface area contributed by atoms with Gasteiger partial charge in [-0.25, -0.2) is 4.79 Å². The van der Waals surface area contributed by atoms with Gasteiger partial charge >= 0.3 is 6.03 Å². The van der Waals surface area contributed by atoms with E-state index >= 15 is 0 Å². The third-order valence-electron chi connectivity index (χ3n) is 3.55. The maximum Gasteiger partial charge on any atom is 0.326 e. The summed E-state index contributed by atoms with van der Waals surface area (Å²) in [5.41, 5.74) is 1.86. The summed E-state index contributed by atoms with van der Waals surface area (Å²) in [6.45, 7) is 2.72. The Bertz CT molecular complexity index is 815. The van der Waals surface area contributed by atoms with Crippen molar-refractivity contribution >= 4 is 18.0 Å². The molecule has 0 radical (unpaired) electrons. The molecule has 0 bridgehead atoms. The first-order valence-corrected chi connectivity index (χ1v) is 7.94. The van der Waals surface area contributed by atoms with E-state index in [0.29, 0.717) is 30.3 Å². The molecule has 1 heterocycles. The lowest BCUT2D eigenvalue weighted by Gasteiger charge is -2.14. The van der Waals surface area contributed by atoms with Crippen molar-refractivity contribution in [3.63, 3.8) is 0 Å². The normalized spacial score (nSPS) is 15.0. The maximum atomic E-state index is 11.7. The van der Waals surface area contributed by atoms with Crippen molar-refractivity contribution in [1.82, 2.24) is 10.6 Å². The smallest absolute Gasteiger partial charge is 0.326 e. The maximum absolute atomic E-state index is 11.7. The summed E-state index contributed by atoms with van der Waals surface area (Å²) in [6, 6.07) is 14.7. The standard InChI is InChI=1S/C19H18N2O4/c1-2-24-17-14(11-15-18(22)21-19(23)20-15)9-6-10-16(17)25-12-13-7-4-3-5-8-13/h3-11H,2,12H2,1H3,(H2,20,21,22,23). The first kappa shape index (κ1) is 16.6. The van der Waals surface area contributed by atoms with Crippen LogP contribution in [0, 0.1) is 0 Å². The van der Waals surface area contributed by atoms with Gasteiger partial charge in [-0.1, -0.05) is 42.5 Å². The second-order valence-corrected chi connectivity index (χ2v) is 5.35. The Morgan fingerprint density at radius 2 is 1.76 bits per heavy atom. The summed E-state index contributed by atoms with van der Waals surface area (Å²) >= 11 is 0. The minimum Gasteiger partial charge on any atom is -0.489 e. The zero-order valence-corrected chi connectivity index (χ0v) is 13.7. The number of benzene rings is 2. The molecular formula is C19H18N2O4. The number of hydrogen-bond acceptors (Lipinski definition) is 4. The third-order valence-corrected chi connectivity index (χ3v) is 3.55. The first-order chi connectivity index (χ1) is 12.2. The molecule has 0 aromatic heterocycles. The van der Waals surface area contributed by atoms with Crippen LogP contribution < -0.4 is 20.1 Å². The molecule has 2 aromatic rings. The fourth-order valence-electron chi connectivity index (χ4n) is 2.43. The molecule has 0 spiro atoms. The summed E-state index contributed by atoms with van der Waals surface area (Å²) in [5, 5.41) is 4.63. The SMILES string of the molecule is CCOc1c(C=C2NC(=O)NC2=O)cccc1OCc1ccccc1. The summed E-state index contributed by atoms with van der Waals surface area (Å²) in [4.78, 5) is 23.0. The van der Waals surface area contributed by atoms with Crippen molar-refractivity contribution in [3.05, 3.63) is 65.4 Å². The Hall–Kier alpha value is -3.28. The number of carbonyl (C=O) groups excluding carboxylic acids is 2. The number of nitrogens with one attached hydrogen (secondary N) is 2. The zero-order valence-electron chi connectivity index (χ0n) is 13.7. The summed E-state index contributed by atoms with van der Waals surface area (Å²) < 4.78 is 11.6. The molecule has 1 aliphatic rings. The Kier molecular flexibility index (Phi) is 4.99. The molecule has 3 amide bonds. The van der Waals surface area contributed by atoms with Crippen LogP contribution in [-0.4, -0.2) is 18.5 Å². The van der Waals surface area contributed by atoms with Crippen molar-refractivity contribution in [2.24, 2.45) is 0 Å². The average molecular weight is 338 g/mol. The van der Waals surface area contributed by atoms with Crippen molar-refractivity contribution < 1.29 is 19.1 Å². The number of carbonyl (C=O) groups is 2. The van der Waals surface area contributed by atoms with E-state index in [9.17, 15) is 9.59 Å². The van der Waals surface area contributed by atoms with Gasteiger partial charge in [-0.3, -0.25) is 10.1 Å². The lowest BCUT2D eigenvalue weighted by molar-refractivity contribution is -0.115. The molecule has 0 unspecified atom stereocenters. The van der Waals surface area contributed by atoms with Gasteiger partial charge in [0.2, 0.25) is 0 Å². The van der Waals surface area contributed by atoms with E-state index < -0.39 is 11.9 Å². The molecule has 1 saturated heterocycles. The predicted molar refractivity (Wildman–Crippen MR) is 93.0 cm³/mol. The van der Waals surface area contributed by atoms with Gasteiger partial charge < -0.3 is 14.8 Å². The monoisotopic (exact) mass is 338 g/mol. The molecule has 3 rings (SSSR count). The molecule has 128 valence electrons. The molecule has 2 N–H and O–H groups in total. The van der Waals surface area contributed by atoms with Gasteiger partial charge in [-0.2, -0.15) is 0 Å². The zero-order chi connectivity index (χ0) is 17.6. The molecule has 6 nitrogen and oxygen atoms in total. The summed E-state index contributed by atoms with van der Waals surface area (Å²) in [6.07, 6.45) is 1.57. The molecule has 0 saturated carbocycles. The number of ether oxygens (including phenoxy) is 2. The highest BCUT2D eigenvalue weighted by Gasteiger charge is 2.23. The van der Waals surface area contributed by atoms with Crippen molar-refractivity contribution in [1.29, 1.82) is 0 Å². The Balaban J connectivity index is 1.87. The Labute approximate surface area is 145 Å². The quantitative estimate of drug-likeness (QED) is 0.627. The van der Waals surface area contributed by atoms with Gasteiger partial charge in [0.25, 0.3) is 5.91 Å². The van der Waals surface area contributed by atoms with Crippen LogP contribution in [0.25, 0.3) is 6.08 Å². The van der Waals surface area contributed by atoms with Crippen molar-refractivity contribution in [2.75, 3.05) is 6.61 Å². The fraction of sp³-hybridized carbons (Fsp3) is 0.158. The predicted octanol–water partition coefficient (Wildman–Crippen LogP) is 2.84. The van der Waals surface area contributed by atoms with Crippen LogP contribution in [0.15, 0.2) is 54.2 Å². The topological polar surface area (TPSA) is 76.7 Å².